The molecule has 0 N–H and O–H groups in total. The molecule has 3 aromatic rings. The molecule has 0 amide bonds. The van der Waals surface area contributed by atoms with E-state index in [-0.39, 0.29) is 0 Å². The first-order valence-electron chi connectivity index (χ1n) is 8.10. The minimum Gasteiger partial charge on any atom is -0.378 e. The minimum atomic E-state index is 0.457. The standard InChI is InChI=1S/C20H25N3/c1-13(2)20-16-9-7-14(22(3)4)11-18(16)21-19-12-15(23(5)6)8-10-17(19)20/h7-13H,1-6H3. The first-order chi connectivity index (χ1) is 10.9. The van der Waals surface area contributed by atoms with Crippen LogP contribution >= 0.6 is 0 Å². The topological polar surface area (TPSA) is 19.4 Å². The number of fused-ring (bicyclic) bond motifs is 2. The summed E-state index contributed by atoms with van der Waals surface area (Å²) in [5, 5.41) is 2.52. The SMILES string of the molecule is CC(C)c1c2ccc(N(C)C)cc2nc2cc(N(C)C)ccc12. The molecule has 0 aliphatic heterocycles. The number of rotatable bonds is 3. The van der Waals surface area contributed by atoms with Gasteiger partial charge in [-0.2, -0.15) is 0 Å². The number of anilines is 2. The first kappa shape index (κ1) is 15.6. The second-order valence-electron chi connectivity index (χ2n) is 6.87. The van der Waals surface area contributed by atoms with E-state index >= 15 is 0 Å². The van der Waals surface area contributed by atoms with Gasteiger partial charge < -0.3 is 9.80 Å². The summed E-state index contributed by atoms with van der Waals surface area (Å²) in [7, 11) is 8.26. The van der Waals surface area contributed by atoms with Crippen molar-refractivity contribution in [2.45, 2.75) is 19.8 Å². The number of nitrogens with zero attached hydrogens (tertiary/aromatic N) is 3. The molecule has 0 atom stereocenters. The Morgan fingerprint density at radius 2 is 1.17 bits per heavy atom. The molecule has 0 saturated carbocycles. The largest absolute Gasteiger partial charge is 0.378 e. The van der Waals surface area contributed by atoms with E-state index in [1.54, 1.807) is 0 Å². The molecule has 23 heavy (non-hydrogen) atoms. The predicted molar refractivity (Wildman–Crippen MR) is 102 cm³/mol. The molecule has 0 aliphatic rings. The lowest BCUT2D eigenvalue weighted by atomic mass is 9.93. The molecule has 0 unspecified atom stereocenters. The Morgan fingerprint density at radius 3 is 1.52 bits per heavy atom. The molecule has 0 aliphatic carbocycles. The summed E-state index contributed by atoms with van der Waals surface area (Å²) < 4.78 is 0. The number of pyridine rings is 1. The highest BCUT2D eigenvalue weighted by atomic mass is 15.1. The fraction of sp³-hybridized carbons (Fsp3) is 0.350. The average molecular weight is 307 g/mol. The van der Waals surface area contributed by atoms with E-state index < -0.39 is 0 Å². The molecule has 2 aromatic carbocycles. The summed E-state index contributed by atoms with van der Waals surface area (Å²) >= 11 is 0. The third-order valence-corrected chi connectivity index (χ3v) is 4.39. The van der Waals surface area contributed by atoms with Crippen LogP contribution < -0.4 is 9.80 Å². The van der Waals surface area contributed by atoms with Crippen molar-refractivity contribution in [1.29, 1.82) is 0 Å². The highest BCUT2D eigenvalue weighted by Crippen LogP contribution is 2.34. The summed E-state index contributed by atoms with van der Waals surface area (Å²) in [5.41, 5.74) is 5.90. The minimum absolute atomic E-state index is 0.457. The van der Waals surface area contributed by atoms with E-state index in [1.165, 1.54) is 27.7 Å². The molecule has 1 aromatic heterocycles. The Balaban J connectivity index is 2.39. The lowest BCUT2D eigenvalue weighted by Gasteiger charge is -2.19. The Hall–Kier alpha value is -2.29. The normalized spacial score (nSPS) is 11.4. The lowest BCUT2D eigenvalue weighted by Crippen LogP contribution is -2.09. The molecule has 3 heteroatoms. The maximum absolute atomic E-state index is 4.95. The second-order valence-corrected chi connectivity index (χ2v) is 6.87. The van der Waals surface area contributed by atoms with Crippen LogP contribution in [0.25, 0.3) is 21.8 Å². The van der Waals surface area contributed by atoms with Gasteiger partial charge in [0.25, 0.3) is 0 Å². The van der Waals surface area contributed by atoms with Crippen molar-refractivity contribution < 1.29 is 0 Å². The van der Waals surface area contributed by atoms with Gasteiger partial charge in [-0.05, 0) is 35.7 Å². The van der Waals surface area contributed by atoms with E-state index in [4.69, 9.17) is 4.98 Å². The van der Waals surface area contributed by atoms with Crippen LogP contribution in [0.15, 0.2) is 36.4 Å². The zero-order valence-corrected chi connectivity index (χ0v) is 14.9. The van der Waals surface area contributed by atoms with Crippen molar-refractivity contribution in [3.05, 3.63) is 42.0 Å². The summed E-state index contributed by atoms with van der Waals surface area (Å²) in [6, 6.07) is 13.1. The summed E-state index contributed by atoms with van der Waals surface area (Å²) in [5.74, 6) is 0.457. The van der Waals surface area contributed by atoms with Crippen LogP contribution in [0, 0.1) is 0 Å². The maximum atomic E-state index is 4.95. The molecule has 1 heterocycles. The maximum Gasteiger partial charge on any atom is 0.0733 e. The van der Waals surface area contributed by atoms with Crippen molar-refractivity contribution in [2.75, 3.05) is 38.0 Å². The van der Waals surface area contributed by atoms with Crippen LogP contribution in [0.1, 0.15) is 25.3 Å². The van der Waals surface area contributed by atoms with Crippen molar-refractivity contribution >= 4 is 33.2 Å². The average Bonchev–Trinajstić information content (AvgIpc) is 2.50. The van der Waals surface area contributed by atoms with Crippen LogP contribution in [0.2, 0.25) is 0 Å². The monoisotopic (exact) mass is 307 g/mol. The molecule has 0 bridgehead atoms. The highest BCUT2D eigenvalue weighted by Gasteiger charge is 2.13. The Morgan fingerprint density at radius 1 is 0.739 bits per heavy atom. The lowest BCUT2D eigenvalue weighted by molar-refractivity contribution is 0.884. The third-order valence-electron chi connectivity index (χ3n) is 4.39. The molecular weight excluding hydrogens is 282 g/mol. The highest BCUT2D eigenvalue weighted by molar-refractivity contribution is 6.00. The van der Waals surface area contributed by atoms with Gasteiger partial charge in [0, 0.05) is 50.3 Å². The van der Waals surface area contributed by atoms with E-state index in [9.17, 15) is 0 Å². The van der Waals surface area contributed by atoms with Gasteiger partial charge in [0.05, 0.1) is 11.0 Å². The van der Waals surface area contributed by atoms with Crippen LogP contribution in [-0.4, -0.2) is 33.2 Å². The Kier molecular flexibility index (Phi) is 3.88. The number of hydrogen-bond acceptors (Lipinski definition) is 3. The van der Waals surface area contributed by atoms with Crippen LogP contribution in [0.5, 0.6) is 0 Å². The molecule has 0 fully saturated rings. The zero-order valence-electron chi connectivity index (χ0n) is 14.9. The molecular formula is C20H25N3. The van der Waals surface area contributed by atoms with E-state index in [0.717, 1.165) is 11.0 Å². The van der Waals surface area contributed by atoms with Gasteiger partial charge in [0.2, 0.25) is 0 Å². The summed E-state index contributed by atoms with van der Waals surface area (Å²) in [6.07, 6.45) is 0. The summed E-state index contributed by atoms with van der Waals surface area (Å²) in [6.45, 7) is 4.52. The molecule has 0 radical (unpaired) electrons. The van der Waals surface area contributed by atoms with E-state index in [1.807, 2.05) is 0 Å². The predicted octanol–water partition coefficient (Wildman–Crippen LogP) is 4.64. The van der Waals surface area contributed by atoms with Crippen LogP contribution in [-0.2, 0) is 0 Å². The van der Waals surface area contributed by atoms with Gasteiger partial charge in [0.15, 0.2) is 0 Å². The molecule has 120 valence electrons. The first-order valence-corrected chi connectivity index (χ1v) is 8.10. The summed E-state index contributed by atoms with van der Waals surface area (Å²) in [4.78, 5) is 9.20. The van der Waals surface area contributed by atoms with E-state index in [0.29, 0.717) is 5.92 Å². The van der Waals surface area contributed by atoms with Crippen molar-refractivity contribution in [1.82, 2.24) is 4.98 Å². The molecule has 3 rings (SSSR count). The molecule has 0 saturated heterocycles. The molecule has 0 spiro atoms. The third kappa shape index (κ3) is 2.72. The number of aromatic nitrogens is 1. The second kappa shape index (κ2) is 5.73. The van der Waals surface area contributed by atoms with Gasteiger partial charge in [-0.15, -0.1) is 0 Å². The van der Waals surface area contributed by atoms with Gasteiger partial charge in [-0.25, -0.2) is 4.98 Å². The number of benzene rings is 2. The fourth-order valence-corrected chi connectivity index (χ4v) is 3.13. The Bertz CT molecular complexity index is 798. The fourth-order valence-electron chi connectivity index (χ4n) is 3.13. The zero-order chi connectivity index (χ0) is 16.7. The smallest absolute Gasteiger partial charge is 0.0733 e. The van der Waals surface area contributed by atoms with Crippen LogP contribution in [0.3, 0.4) is 0 Å². The van der Waals surface area contributed by atoms with Gasteiger partial charge in [0.1, 0.15) is 0 Å². The Labute approximate surface area is 138 Å². The van der Waals surface area contributed by atoms with Gasteiger partial charge in [-0.1, -0.05) is 26.0 Å². The van der Waals surface area contributed by atoms with Gasteiger partial charge in [-0.3, -0.25) is 0 Å². The van der Waals surface area contributed by atoms with Crippen LogP contribution in [0.4, 0.5) is 11.4 Å². The van der Waals surface area contributed by atoms with Gasteiger partial charge >= 0.3 is 0 Å². The molecule has 3 nitrogen and oxygen atoms in total. The van der Waals surface area contributed by atoms with E-state index in [2.05, 4.69) is 88.2 Å². The van der Waals surface area contributed by atoms with Crippen molar-refractivity contribution in [2.24, 2.45) is 0 Å². The van der Waals surface area contributed by atoms with Crippen molar-refractivity contribution in [3.8, 4) is 0 Å². The van der Waals surface area contributed by atoms with Crippen molar-refractivity contribution in [3.63, 3.8) is 0 Å². The quantitative estimate of drug-likeness (QED) is 0.657. The number of hydrogen-bond donors (Lipinski definition) is 0.